The van der Waals surface area contributed by atoms with Crippen molar-refractivity contribution >= 4 is 11.9 Å². The first-order valence-corrected chi connectivity index (χ1v) is 5.12. The number of rotatable bonds is 2. The predicted octanol–water partition coefficient (Wildman–Crippen LogP) is 0.0645. The molecular weight excluding hydrogens is 224 g/mol. The number of aliphatic carboxylic acids is 1. The lowest BCUT2D eigenvalue weighted by molar-refractivity contribution is -0.171. The highest BCUT2D eigenvalue weighted by atomic mass is 16.5. The number of hydrogen-bond acceptors (Lipinski definition) is 4. The highest BCUT2D eigenvalue weighted by Gasteiger charge is 2.40. The van der Waals surface area contributed by atoms with Gasteiger partial charge in [0.25, 0.3) is 0 Å². The van der Waals surface area contributed by atoms with Crippen LogP contribution in [-0.2, 0) is 14.3 Å². The van der Waals surface area contributed by atoms with Crippen molar-refractivity contribution in [2.75, 3.05) is 13.7 Å². The van der Waals surface area contributed by atoms with Crippen LogP contribution in [0.25, 0.3) is 0 Å². The van der Waals surface area contributed by atoms with E-state index in [1.807, 2.05) is 0 Å². The van der Waals surface area contributed by atoms with Gasteiger partial charge in [-0.1, -0.05) is 6.07 Å². The quantitative estimate of drug-likeness (QED) is 0.785. The van der Waals surface area contributed by atoms with Gasteiger partial charge in [0.2, 0.25) is 5.91 Å². The maximum absolute atomic E-state index is 11.5. The van der Waals surface area contributed by atoms with E-state index in [1.54, 1.807) is 31.4 Å². The molecule has 0 bridgehead atoms. The third-order valence-electron chi connectivity index (χ3n) is 2.72. The maximum atomic E-state index is 11.5. The Bertz CT molecular complexity index is 434. The molecule has 1 saturated heterocycles. The van der Waals surface area contributed by atoms with E-state index >= 15 is 0 Å². The summed E-state index contributed by atoms with van der Waals surface area (Å²) in [6.07, 6.45) is 0.480. The topological polar surface area (TPSA) is 79.7 Å². The molecule has 1 N–H and O–H groups in total. The number of carbonyl (C=O) groups is 2. The van der Waals surface area contributed by atoms with Crippen LogP contribution in [-0.4, -0.2) is 46.6 Å². The summed E-state index contributed by atoms with van der Waals surface area (Å²) in [6.45, 7) is -0.212. The van der Waals surface area contributed by atoms with Gasteiger partial charge in [-0.2, -0.15) is 0 Å². The number of amides is 1. The molecule has 90 valence electrons. The van der Waals surface area contributed by atoms with E-state index in [-0.39, 0.29) is 12.5 Å². The summed E-state index contributed by atoms with van der Waals surface area (Å²) in [6, 6.07) is 4.47. The van der Waals surface area contributed by atoms with Gasteiger partial charge in [-0.15, -0.1) is 0 Å². The van der Waals surface area contributed by atoms with Gasteiger partial charge < -0.3 is 14.7 Å². The molecule has 1 fully saturated rings. The Morgan fingerprint density at radius 2 is 2.35 bits per heavy atom. The van der Waals surface area contributed by atoms with Crippen LogP contribution in [0.15, 0.2) is 24.4 Å². The molecule has 2 atom stereocenters. The molecule has 2 rings (SSSR count). The van der Waals surface area contributed by atoms with Crippen LogP contribution < -0.4 is 0 Å². The fourth-order valence-electron chi connectivity index (χ4n) is 1.82. The molecule has 1 amide bonds. The molecule has 0 saturated carbocycles. The summed E-state index contributed by atoms with van der Waals surface area (Å²) in [7, 11) is 1.56. The summed E-state index contributed by atoms with van der Waals surface area (Å²) in [5.74, 6) is -1.35. The largest absolute Gasteiger partial charge is 0.479 e. The average Bonchev–Trinajstić information content (AvgIpc) is 2.33. The number of carboxylic acids is 1. The number of ether oxygens (including phenoxy) is 1. The molecule has 1 aromatic rings. The molecule has 0 aromatic carbocycles. The van der Waals surface area contributed by atoms with Crippen molar-refractivity contribution in [1.82, 2.24) is 9.88 Å². The number of carboxylic acid groups (broad SMARTS) is 1. The van der Waals surface area contributed by atoms with Crippen molar-refractivity contribution in [3.63, 3.8) is 0 Å². The molecule has 2 heterocycles. The lowest BCUT2D eigenvalue weighted by atomic mass is 10.0. The molecule has 6 heteroatoms. The summed E-state index contributed by atoms with van der Waals surface area (Å²) < 4.78 is 5.06. The van der Waals surface area contributed by atoms with Crippen molar-refractivity contribution in [2.24, 2.45) is 0 Å². The molecular formula is C11H12N2O4. The Morgan fingerprint density at radius 1 is 1.59 bits per heavy atom. The second kappa shape index (κ2) is 4.50. The normalized spacial score (nSPS) is 24.8. The van der Waals surface area contributed by atoms with Crippen molar-refractivity contribution in [3.8, 4) is 0 Å². The Morgan fingerprint density at radius 3 is 2.94 bits per heavy atom. The first kappa shape index (κ1) is 11.5. The number of morpholine rings is 1. The van der Waals surface area contributed by atoms with E-state index in [1.165, 1.54) is 4.90 Å². The Labute approximate surface area is 97.8 Å². The minimum Gasteiger partial charge on any atom is -0.479 e. The van der Waals surface area contributed by atoms with E-state index in [2.05, 4.69) is 4.98 Å². The molecule has 1 aromatic heterocycles. The van der Waals surface area contributed by atoms with Crippen molar-refractivity contribution in [1.29, 1.82) is 0 Å². The maximum Gasteiger partial charge on any atom is 0.335 e. The number of nitrogens with zero attached hydrogens (tertiary/aromatic N) is 2. The zero-order valence-corrected chi connectivity index (χ0v) is 9.24. The van der Waals surface area contributed by atoms with E-state index in [4.69, 9.17) is 9.84 Å². The molecule has 0 aliphatic carbocycles. The fourth-order valence-corrected chi connectivity index (χ4v) is 1.82. The van der Waals surface area contributed by atoms with Gasteiger partial charge in [-0.05, 0) is 12.1 Å². The lowest BCUT2D eigenvalue weighted by Crippen LogP contribution is -2.50. The van der Waals surface area contributed by atoms with E-state index < -0.39 is 18.1 Å². The number of likely N-dealkylation sites (N-methyl/N-ethyl adjacent to an activating group) is 1. The fraction of sp³-hybridized carbons (Fsp3) is 0.364. The number of carbonyl (C=O) groups excluding carboxylic acids is 1. The number of pyridine rings is 1. The van der Waals surface area contributed by atoms with Crippen molar-refractivity contribution in [3.05, 3.63) is 30.1 Å². The Kier molecular flexibility index (Phi) is 3.06. The smallest absolute Gasteiger partial charge is 0.335 e. The monoisotopic (exact) mass is 236 g/mol. The van der Waals surface area contributed by atoms with Crippen LogP contribution in [0.2, 0.25) is 0 Å². The summed E-state index contributed by atoms with van der Waals surface area (Å²) in [5, 5.41) is 9.08. The summed E-state index contributed by atoms with van der Waals surface area (Å²) in [4.78, 5) is 28.1. The van der Waals surface area contributed by atoms with Crippen LogP contribution in [0.1, 0.15) is 11.7 Å². The Balaban J connectivity index is 2.37. The minimum absolute atomic E-state index is 0.212. The van der Waals surface area contributed by atoms with Gasteiger partial charge in [0, 0.05) is 13.2 Å². The van der Waals surface area contributed by atoms with Gasteiger partial charge in [-0.25, -0.2) is 4.79 Å². The van der Waals surface area contributed by atoms with Gasteiger partial charge >= 0.3 is 5.97 Å². The minimum atomic E-state index is -1.10. The van der Waals surface area contributed by atoms with Crippen molar-refractivity contribution < 1.29 is 19.4 Å². The van der Waals surface area contributed by atoms with Crippen LogP contribution in [0, 0.1) is 0 Å². The standard InChI is InChI=1S/C11H12N2O4/c1-13-8(14)6-17-10(11(15)16)9(13)7-4-2-3-5-12-7/h2-5,9-10H,6H2,1H3,(H,15,16). The van der Waals surface area contributed by atoms with Gasteiger partial charge in [0.05, 0.1) is 5.69 Å². The third kappa shape index (κ3) is 2.12. The first-order valence-electron chi connectivity index (χ1n) is 5.12. The van der Waals surface area contributed by atoms with E-state index in [9.17, 15) is 9.59 Å². The van der Waals surface area contributed by atoms with Crippen LogP contribution in [0.5, 0.6) is 0 Å². The van der Waals surface area contributed by atoms with Gasteiger partial charge in [0.1, 0.15) is 12.6 Å². The second-order valence-corrected chi connectivity index (χ2v) is 3.77. The molecule has 1 aliphatic heterocycles. The van der Waals surface area contributed by atoms with Crippen molar-refractivity contribution in [2.45, 2.75) is 12.1 Å². The first-order chi connectivity index (χ1) is 8.11. The molecule has 1 aliphatic rings. The summed E-state index contributed by atoms with van der Waals surface area (Å²) in [5.41, 5.74) is 0.510. The molecule has 17 heavy (non-hydrogen) atoms. The van der Waals surface area contributed by atoms with Crippen LogP contribution in [0.3, 0.4) is 0 Å². The van der Waals surface area contributed by atoms with Crippen LogP contribution >= 0.6 is 0 Å². The second-order valence-electron chi connectivity index (χ2n) is 3.77. The highest BCUT2D eigenvalue weighted by molar-refractivity contribution is 5.82. The Hall–Kier alpha value is -1.95. The molecule has 6 nitrogen and oxygen atoms in total. The average molecular weight is 236 g/mol. The number of aromatic nitrogens is 1. The SMILES string of the molecule is CN1C(=O)COC(C(=O)O)C1c1ccccn1. The van der Waals surface area contributed by atoms with Gasteiger partial charge in [-0.3, -0.25) is 9.78 Å². The number of hydrogen-bond donors (Lipinski definition) is 1. The lowest BCUT2D eigenvalue weighted by Gasteiger charge is -2.36. The third-order valence-corrected chi connectivity index (χ3v) is 2.72. The van der Waals surface area contributed by atoms with Gasteiger partial charge in [0.15, 0.2) is 6.10 Å². The highest BCUT2D eigenvalue weighted by Crippen LogP contribution is 2.27. The predicted molar refractivity (Wildman–Crippen MR) is 57.1 cm³/mol. The van der Waals surface area contributed by atoms with Crippen LogP contribution in [0.4, 0.5) is 0 Å². The van der Waals surface area contributed by atoms with E-state index in [0.29, 0.717) is 5.69 Å². The molecule has 0 spiro atoms. The molecule has 2 unspecified atom stereocenters. The molecule has 0 radical (unpaired) electrons. The van der Waals surface area contributed by atoms with E-state index in [0.717, 1.165) is 0 Å². The zero-order chi connectivity index (χ0) is 12.4. The zero-order valence-electron chi connectivity index (χ0n) is 9.24. The summed E-state index contributed by atoms with van der Waals surface area (Å²) >= 11 is 0.